The van der Waals surface area contributed by atoms with E-state index in [-0.39, 0.29) is 0 Å². The number of nitrogens with two attached hydrogens (primary N) is 1. The summed E-state index contributed by atoms with van der Waals surface area (Å²) in [6.07, 6.45) is 2.72. The van der Waals surface area contributed by atoms with Crippen LogP contribution in [0.4, 0.5) is 16.5 Å². The van der Waals surface area contributed by atoms with E-state index in [0.717, 1.165) is 107 Å². The van der Waals surface area contributed by atoms with Gasteiger partial charge in [-0.15, -0.1) is 11.3 Å². The predicted octanol–water partition coefficient (Wildman–Crippen LogP) is 2.22. The third kappa shape index (κ3) is 4.41. The van der Waals surface area contributed by atoms with Crippen LogP contribution in [0.3, 0.4) is 0 Å². The number of hydrogen-bond acceptors (Lipinski definition) is 12. The summed E-state index contributed by atoms with van der Waals surface area (Å²) in [5.74, 6) is 1.95. The van der Waals surface area contributed by atoms with Crippen LogP contribution in [0.2, 0.25) is 0 Å². The Balaban J connectivity index is 1.22. The van der Waals surface area contributed by atoms with Crippen LogP contribution in [0.5, 0.6) is 0 Å². The van der Waals surface area contributed by atoms with Gasteiger partial charge in [0.1, 0.15) is 22.6 Å². The molecule has 0 aromatic carbocycles. The fourth-order valence-corrected chi connectivity index (χ4v) is 7.69. The summed E-state index contributed by atoms with van der Waals surface area (Å²) in [5.41, 5.74) is 9.02. The minimum Gasteiger partial charge on any atom is -0.389 e. The number of aromatic nitrogens is 3. The average molecular weight is 562 g/mol. The summed E-state index contributed by atoms with van der Waals surface area (Å²) in [7, 11) is 0. The van der Waals surface area contributed by atoms with E-state index >= 15 is 0 Å². The number of ether oxygens (including phenoxy) is 1. The first-order valence-electron chi connectivity index (χ1n) is 14.2. The van der Waals surface area contributed by atoms with Crippen molar-refractivity contribution < 1.29 is 9.26 Å². The van der Waals surface area contributed by atoms with Crippen molar-refractivity contribution in [2.24, 2.45) is 0 Å². The van der Waals surface area contributed by atoms with Crippen molar-refractivity contribution in [3.8, 4) is 17.6 Å². The summed E-state index contributed by atoms with van der Waals surface area (Å²) in [6, 6.07) is 7.18. The minimum absolute atomic E-state index is 0.480. The Morgan fingerprint density at radius 2 is 1.90 bits per heavy atom. The monoisotopic (exact) mass is 561 g/mol. The van der Waals surface area contributed by atoms with E-state index in [4.69, 9.17) is 25.0 Å². The average Bonchev–Trinajstić information content (AvgIpc) is 3.58. The molecule has 3 aromatic heterocycles. The standard InChI is InChI=1S/C28H35N9O2S/c1-28(4-2-3-22-24(28)20(15-29)25(30)40-22)27-33-26(34-39-27)21-13-18(35-7-5-31-6-8-35)14-23(32-21)37-11-9-36(10-12-37)19-16-38-17-19/h13-14,19,31H,2-12,16-17,30H2,1H3. The van der Waals surface area contributed by atoms with E-state index < -0.39 is 5.41 Å². The normalized spacial score (nSPS) is 24.0. The van der Waals surface area contributed by atoms with Crippen molar-refractivity contribution in [1.29, 1.82) is 5.26 Å². The number of rotatable bonds is 5. The third-order valence-electron chi connectivity index (χ3n) is 8.93. The van der Waals surface area contributed by atoms with E-state index in [1.165, 1.54) is 11.3 Å². The second-order valence-electron chi connectivity index (χ2n) is 11.4. The molecule has 0 saturated carbocycles. The first kappa shape index (κ1) is 25.7. The molecule has 3 aliphatic heterocycles. The fraction of sp³-hybridized carbons (Fsp3) is 0.571. The summed E-state index contributed by atoms with van der Waals surface area (Å²) in [6.45, 7) is 11.4. The van der Waals surface area contributed by atoms with E-state index in [1.54, 1.807) is 0 Å². The summed E-state index contributed by atoms with van der Waals surface area (Å²) < 4.78 is 11.4. The lowest BCUT2D eigenvalue weighted by Crippen LogP contribution is -2.56. The molecule has 3 fully saturated rings. The Bertz CT molecular complexity index is 1430. The fourth-order valence-electron chi connectivity index (χ4n) is 6.50. The van der Waals surface area contributed by atoms with Crippen LogP contribution in [-0.2, 0) is 16.6 Å². The molecule has 4 aliphatic rings. The number of anilines is 3. The van der Waals surface area contributed by atoms with Gasteiger partial charge in [-0.25, -0.2) is 4.98 Å². The molecular formula is C28H35N9O2S. The van der Waals surface area contributed by atoms with Gasteiger partial charge in [-0.1, -0.05) is 5.16 Å². The lowest BCUT2D eigenvalue weighted by molar-refractivity contribution is -0.0660. The maximum Gasteiger partial charge on any atom is 0.237 e. The van der Waals surface area contributed by atoms with Gasteiger partial charge in [0.25, 0.3) is 0 Å². The Morgan fingerprint density at radius 1 is 1.10 bits per heavy atom. The summed E-state index contributed by atoms with van der Waals surface area (Å²) >= 11 is 1.51. The zero-order valence-electron chi connectivity index (χ0n) is 22.9. The van der Waals surface area contributed by atoms with Gasteiger partial charge in [0.15, 0.2) is 0 Å². The van der Waals surface area contributed by atoms with Crippen molar-refractivity contribution in [3.05, 3.63) is 34.0 Å². The predicted molar refractivity (Wildman–Crippen MR) is 154 cm³/mol. The molecule has 11 nitrogen and oxygen atoms in total. The molecule has 210 valence electrons. The third-order valence-corrected chi connectivity index (χ3v) is 10.0. The van der Waals surface area contributed by atoms with E-state index in [1.807, 2.05) is 0 Å². The number of pyridine rings is 1. The van der Waals surface area contributed by atoms with Crippen molar-refractivity contribution in [2.75, 3.05) is 81.1 Å². The van der Waals surface area contributed by atoms with E-state index in [2.05, 4.69) is 50.3 Å². The molecule has 0 bridgehead atoms. The van der Waals surface area contributed by atoms with Crippen LogP contribution in [0.1, 0.15) is 41.7 Å². The molecule has 1 atom stereocenters. The van der Waals surface area contributed by atoms with Gasteiger partial charge in [-0.05, 0) is 32.3 Å². The van der Waals surface area contributed by atoms with Crippen LogP contribution in [0.25, 0.3) is 11.5 Å². The molecule has 40 heavy (non-hydrogen) atoms. The Kier molecular flexibility index (Phi) is 6.62. The van der Waals surface area contributed by atoms with E-state index in [9.17, 15) is 5.26 Å². The van der Waals surface area contributed by atoms with Crippen molar-refractivity contribution in [3.63, 3.8) is 0 Å². The molecule has 3 N–H and O–H groups in total. The molecular weight excluding hydrogens is 526 g/mol. The number of hydrogen-bond donors (Lipinski definition) is 2. The minimum atomic E-state index is -0.557. The Hall–Kier alpha value is -3.24. The van der Waals surface area contributed by atoms with Crippen LogP contribution >= 0.6 is 11.3 Å². The number of piperazine rings is 2. The lowest BCUT2D eigenvalue weighted by atomic mass is 9.72. The van der Waals surface area contributed by atoms with Gasteiger partial charge in [0.05, 0.1) is 30.2 Å². The second kappa shape index (κ2) is 10.3. The first-order valence-corrected chi connectivity index (χ1v) is 15.1. The van der Waals surface area contributed by atoms with Crippen LogP contribution in [0, 0.1) is 11.3 Å². The first-order chi connectivity index (χ1) is 19.5. The maximum atomic E-state index is 9.88. The van der Waals surface area contributed by atoms with Crippen molar-refractivity contribution in [1.82, 2.24) is 25.3 Å². The van der Waals surface area contributed by atoms with Gasteiger partial charge in [-0.3, -0.25) is 4.90 Å². The Labute approximate surface area is 237 Å². The highest BCUT2D eigenvalue weighted by Crippen LogP contribution is 2.48. The second-order valence-corrected chi connectivity index (χ2v) is 12.5. The summed E-state index contributed by atoms with van der Waals surface area (Å²) in [4.78, 5) is 18.4. The SMILES string of the molecule is CC1(c2nc(-c3cc(N4CCNCC4)cc(N4CCN(C5COC5)CC4)n3)no2)CCCc2sc(N)c(C#N)c21. The number of nitrogen functional groups attached to an aromatic ring is 1. The zero-order valence-corrected chi connectivity index (χ0v) is 23.7. The molecule has 3 saturated heterocycles. The molecule has 0 amide bonds. The van der Waals surface area contributed by atoms with Gasteiger partial charge in [-0.2, -0.15) is 10.2 Å². The maximum absolute atomic E-state index is 9.88. The molecule has 3 aromatic rings. The number of aryl methyl sites for hydroxylation is 1. The van der Waals surface area contributed by atoms with Crippen LogP contribution in [-0.4, -0.2) is 91.6 Å². The van der Waals surface area contributed by atoms with Crippen LogP contribution in [0.15, 0.2) is 16.7 Å². The molecule has 0 spiro atoms. The van der Waals surface area contributed by atoms with E-state index in [0.29, 0.717) is 34.0 Å². The molecule has 0 radical (unpaired) electrons. The van der Waals surface area contributed by atoms with Gasteiger partial charge in [0.2, 0.25) is 11.7 Å². The largest absolute Gasteiger partial charge is 0.389 e. The molecule has 1 unspecified atom stereocenters. The number of nitrogens with zero attached hydrogens (tertiary/aromatic N) is 7. The lowest BCUT2D eigenvalue weighted by Gasteiger charge is -2.43. The highest BCUT2D eigenvalue weighted by atomic mass is 32.1. The quantitative estimate of drug-likeness (QED) is 0.475. The zero-order chi connectivity index (χ0) is 27.3. The highest BCUT2D eigenvalue weighted by molar-refractivity contribution is 7.16. The summed E-state index contributed by atoms with van der Waals surface area (Å²) in [5, 5.41) is 18.3. The molecule has 7 rings (SSSR count). The number of fused-ring (bicyclic) bond motifs is 1. The smallest absolute Gasteiger partial charge is 0.237 e. The van der Waals surface area contributed by atoms with Gasteiger partial charge in [0, 0.05) is 74.6 Å². The van der Waals surface area contributed by atoms with Gasteiger partial charge >= 0.3 is 0 Å². The van der Waals surface area contributed by atoms with Gasteiger partial charge < -0.3 is 30.1 Å². The molecule has 1 aliphatic carbocycles. The topological polar surface area (TPSA) is 133 Å². The van der Waals surface area contributed by atoms with Crippen LogP contribution < -0.4 is 20.9 Å². The Morgan fingerprint density at radius 3 is 2.62 bits per heavy atom. The van der Waals surface area contributed by atoms with Crippen molar-refractivity contribution in [2.45, 2.75) is 37.6 Å². The number of nitriles is 1. The molecule has 6 heterocycles. The highest BCUT2D eigenvalue weighted by Gasteiger charge is 2.43. The molecule has 12 heteroatoms. The number of nitrogens with one attached hydrogen (secondary N) is 1. The number of thiophene rings is 1. The van der Waals surface area contributed by atoms with Crippen molar-refractivity contribution >= 4 is 27.8 Å².